The van der Waals surface area contributed by atoms with Crippen LogP contribution >= 0.6 is 0 Å². The van der Waals surface area contributed by atoms with E-state index in [-0.39, 0.29) is 15.0 Å². The Kier molecular flexibility index (Phi) is 16.5. The number of aryl methyl sites for hydroxylation is 1. The van der Waals surface area contributed by atoms with Crippen molar-refractivity contribution in [1.29, 1.82) is 0 Å². The molecule has 0 spiro atoms. The van der Waals surface area contributed by atoms with Crippen molar-refractivity contribution in [3.63, 3.8) is 0 Å². The number of carbonyl (C=O) groups is 1. The predicted molar refractivity (Wildman–Crippen MR) is 158 cm³/mol. The highest BCUT2D eigenvalue weighted by atomic mass is 19.1. The SMILES string of the molecule is CCCn1cc(CCN(CC)CC2CCN(c3ncc(C(=O)NO)cn3)CC2)c2ccc(OC)cc21.F.F.OOC#CF. The molecular formula is C29H41F3N6O5. The zero-order chi connectivity index (χ0) is 29.6. The summed E-state index contributed by atoms with van der Waals surface area (Å²) < 4.78 is 18.2. The molecule has 238 valence electrons. The van der Waals surface area contributed by atoms with Crippen molar-refractivity contribution in [2.45, 2.75) is 46.1 Å². The summed E-state index contributed by atoms with van der Waals surface area (Å²) in [5, 5.41) is 17.2. The van der Waals surface area contributed by atoms with Gasteiger partial charge in [0.15, 0.2) is 12.3 Å². The van der Waals surface area contributed by atoms with Gasteiger partial charge in [-0.1, -0.05) is 13.8 Å². The first-order chi connectivity index (χ1) is 20.0. The van der Waals surface area contributed by atoms with E-state index in [0.29, 0.717) is 11.9 Å². The van der Waals surface area contributed by atoms with Gasteiger partial charge in [-0.25, -0.2) is 15.4 Å². The molecule has 0 unspecified atom stereocenters. The number of benzene rings is 1. The normalized spacial score (nSPS) is 12.7. The van der Waals surface area contributed by atoms with Crippen molar-refractivity contribution in [2.75, 3.05) is 44.7 Å². The Labute approximate surface area is 249 Å². The second-order valence-electron chi connectivity index (χ2n) is 9.80. The lowest BCUT2D eigenvalue weighted by Crippen LogP contribution is -2.40. The molecule has 1 saturated heterocycles. The summed E-state index contributed by atoms with van der Waals surface area (Å²) in [6, 6.07) is 6.41. The topological polar surface area (TPSA) is 125 Å². The molecule has 1 aliphatic rings. The van der Waals surface area contributed by atoms with Gasteiger partial charge in [0.2, 0.25) is 5.95 Å². The molecule has 3 heterocycles. The van der Waals surface area contributed by atoms with Gasteiger partial charge in [-0.05, 0) is 55.8 Å². The molecule has 1 aromatic carbocycles. The number of nitrogens with zero attached hydrogens (tertiary/aromatic N) is 5. The van der Waals surface area contributed by atoms with Gasteiger partial charge >= 0.3 is 0 Å². The Morgan fingerprint density at radius 3 is 2.44 bits per heavy atom. The van der Waals surface area contributed by atoms with Crippen LogP contribution in [0.15, 0.2) is 36.8 Å². The quantitative estimate of drug-likeness (QED) is 0.125. The molecule has 14 heteroatoms. The van der Waals surface area contributed by atoms with E-state index < -0.39 is 5.91 Å². The maximum atomic E-state index is 11.5. The van der Waals surface area contributed by atoms with Crippen molar-refractivity contribution in [3.8, 4) is 18.0 Å². The van der Waals surface area contributed by atoms with E-state index in [1.165, 1.54) is 35.0 Å². The third-order valence-corrected chi connectivity index (χ3v) is 7.28. The molecule has 0 atom stereocenters. The lowest BCUT2D eigenvalue weighted by Gasteiger charge is -2.34. The second-order valence-corrected chi connectivity index (χ2v) is 9.80. The van der Waals surface area contributed by atoms with E-state index >= 15 is 0 Å². The molecule has 3 N–H and O–H groups in total. The van der Waals surface area contributed by atoms with E-state index in [4.69, 9.17) is 15.2 Å². The van der Waals surface area contributed by atoms with Crippen LogP contribution in [0.4, 0.5) is 19.7 Å². The van der Waals surface area contributed by atoms with Crippen molar-refractivity contribution < 1.29 is 38.7 Å². The summed E-state index contributed by atoms with van der Waals surface area (Å²) in [6.45, 7) is 10.5. The Morgan fingerprint density at radius 2 is 1.91 bits per heavy atom. The fraction of sp³-hybridized carbons (Fsp3) is 0.483. The first-order valence-electron chi connectivity index (χ1n) is 13.8. The van der Waals surface area contributed by atoms with E-state index in [1.807, 2.05) is 0 Å². The van der Waals surface area contributed by atoms with Crippen LogP contribution in [0.3, 0.4) is 0 Å². The molecule has 11 nitrogen and oxygen atoms in total. The number of anilines is 1. The molecule has 0 radical (unpaired) electrons. The number of piperidine rings is 1. The third kappa shape index (κ3) is 10.3. The van der Waals surface area contributed by atoms with Gasteiger partial charge in [-0.2, -0.15) is 5.26 Å². The minimum atomic E-state index is -0.602. The number of rotatable bonds is 11. The molecule has 1 fully saturated rings. The Balaban J connectivity index is 0.00000122. The molecule has 0 aliphatic carbocycles. The Bertz CT molecular complexity index is 1310. The average Bonchev–Trinajstić information content (AvgIpc) is 3.36. The van der Waals surface area contributed by atoms with Gasteiger partial charge in [0, 0.05) is 62.8 Å². The van der Waals surface area contributed by atoms with Crippen LogP contribution in [-0.2, 0) is 17.9 Å². The first kappa shape index (κ1) is 37.0. The van der Waals surface area contributed by atoms with Crippen LogP contribution in [0, 0.1) is 18.2 Å². The summed E-state index contributed by atoms with van der Waals surface area (Å²) >= 11 is 0. The highest BCUT2D eigenvalue weighted by Gasteiger charge is 2.23. The summed E-state index contributed by atoms with van der Waals surface area (Å²) in [5.41, 5.74) is 4.51. The number of hydroxylamine groups is 1. The highest BCUT2D eigenvalue weighted by molar-refractivity contribution is 5.92. The molecular weight excluding hydrogens is 569 g/mol. The first-order valence-corrected chi connectivity index (χ1v) is 13.8. The number of hydrogen-bond acceptors (Lipinski definition) is 9. The maximum Gasteiger partial charge on any atom is 0.277 e. The van der Waals surface area contributed by atoms with E-state index in [2.05, 4.69) is 67.5 Å². The number of likely N-dealkylation sites (N-methyl/N-ethyl adjacent to an activating group) is 1. The third-order valence-electron chi connectivity index (χ3n) is 7.28. The van der Waals surface area contributed by atoms with Gasteiger partial charge < -0.3 is 19.1 Å². The Hall–Kier alpha value is -4.06. The van der Waals surface area contributed by atoms with Crippen LogP contribution in [0.1, 0.15) is 49.0 Å². The minimum absolute atomic E-state index is 0. The Morgan fingerprint density at radius 1 is 1.21 bits per heavy atom. The van der Waals surface area contributed by atoms with Gasteiger partial charge in [0.25, 0.3) is 5.91 Å². The number of hydrogen-bond donors (Lipinski definition) is 3. The summed E-state index contributed by atoms with van der Waals surface area (Å²) in [5.74, 6) is 1.58. The van der Waals surface area contributed by atoms with Crippen molar-refractivity contribution in [2.24, 2.45) is 5.92 Å². The fourth-order valence-electron chi connectivity index (χ4n) is 5.12. The zero-order valence-corrected chi connectivity index (χ0v) is 24.7. The number of halogens is 3. The lowest BCUT2D eigenvalue weighted by atomic mass is 9.96. The number of fused-ring (bicyclic) bond motifs is 1. The molecule has 0 saturated carbocycles. The van der Waals surface area contributed by atoms with Crippen LogP contribution < -0.4 is 15.1 Å². The van der Waals surface area contributed by atoms with Crippen LogP contribution in [0.5, 0.6) is 5.75 Å². The molecule has 3 aromatic rings. The van der Waals surface area contributed by atoms with Crippen LogP contribution in [0.2, 0.25) is 0 Å². The van der Waals surface area contributed by atoms with E-state index in [1.54, 1.807) is 12.6 Å². The smallest absolute Gasteiger partial charge is 0.277 e. The van der Waals surface area contributed by atoms with Crippen LogP contribution in [-0.4, -0.2) is 75.6 Å². The van der Waals surface area contributed by atoms with Gasteiger partial charge in [0.1, 0.15) is 5.75 Å². The van der Waals surface area contributed by atoms with Crippen molar-refractivity contribution in [3.05, 3.63) is 47.9 Å². The molecule has 1 amide bonds. The number of methoxy groups -OCH3 is 1. The summed E-state index contributed by atoms with van der Waals surface area (Å²) in [4.78, 5) is 27.8. The largest absolute Gasteiger partial charge is 0.497 e. The molecule has 43 heavy (non-hydrogen) atoms. The fourth-order valence-corrected chi connectivity index (χ4v) is 5.12. The summed E-state index contributed by atoms with van der Waals surface area (Å²) in [7, 11) is 1.72. The number of carbonyl (C=O) groups excluding carboxylic acids is 1. The monoisotopic (exact) mass is 610 g/mol. The van der Waals surface area contributed by atoms with Crippen molar-refractivity contribution >= 4 is 22.8 Å². The zero-order valence-electron chi connectivity index (χ0n) is 24.7. The predicted octanol–water partition coefficient (Wildman–Crippen LogP) is 4.42. The van der Waals surface area contributed by atoms with E-state index in [9.17, 15) is 9.18 Å². The van der Waals surface area contributed by atoms with Gasteiger partial charge in [0.05, 0.1) is 18.2 Å². The summed E-state index contributed by atoms with van der Waals surface area (Å²) in [6.07, 6.45) is 11.6. The number of nitrogens with one attached hydrogen (secondary N) is 1. The van der Waals surface area contributed by atoms with Gasteiger partial charge in [-0.3, -0.25) is 24.3 Å². The highest BCUT2D eigenvalue weighted by Crippen LogP contribution is 2.27. The minimum Gasteiger partial charge on any atom is -0.497 e. The van der Waals surface area contributed by atoms with Crippen LogP contribution in [0.25, 0.3) is 10.9 Å². The molecule has 0 bridgehead atoms. The average molecular weight is 611 g/mol. The maximum absolute atomic E-state index is 11.5. The number of aromatic nitrogens is 3. The molecule has 1 aliphatic heterocycles. The molecule has 2 aromatic heterocycles. The van der Waals surface area contributed by atoms with Crippen molar-refractivity contribution in [1.82, 2.24) is 24.9 Å². The second kappa shape index (κ2) is 19.2. The molecule has 4 rings (SSSR count). The van der Waals surface area contributed by atoms with Gasteiger partial charge in [-0.15, -0.1) is 4.39 Å². The lowest BCUT2D eigenvalue weighted by molar-refractivity contribution is -0.172. The van der Waals surface area contributed by atoms with E-state index in [0.717, 1.165) is 76.9 Å². The number of ether oxygens (including phenoxy) is 1. The standard InChI is InChI=1S/C27H38N6O3.C2HFO2.2FH/c1-4-11-33-19-21(24-7-6-23(36-3)15-25(24)33)10-12-31(5-2)18-20-8-13-32(14-9-20)27-28-16-22(17-29-27)26(34)30-35;3-1-2-5-4;;/h6-7,15-17,19-20,35H,4-5,8-14,18H2,1-3H3,(H,30,34);4H;2*1H. The number of amides is 1.